The molecule has 0 aromatic heterocycles. The Morgan fingerprint density at radius 1 is 1.09 bits per heavy atom. The van der Waals surface area contributed by atoms with Gasteiger partial charge in [-0.3, -0.25) is 9.79 Å². The van der Waals surface area contributed by atoms with Gasteiger partial charge in [-0.25, -0.2) is 0 Å². The van der Waals surface area contributed by atoms with Gasteiger partial charge in [0.1, 0.15) is 0 Å². The maximum atomic E-state index is 12.2. The molecular formula is C30H47N3O. The summed E-state index contributed by atoms with van der Waals surface area (Å²) < 4.78 is 0. The topological polar surface area (TPSA) is 65.3 Å². The Hall–Kier alpha value is -3.01. The number of allylic oxidation sites excluding steroid dienone is 10. The first kappa shape index (κ1) is 33.2. The second-order valence-electron chi connectivity index (χ2n) is 7.74. The standard InChI is InChI=1S/C24H31N3O.C4H10.C2H6/c1-8-20(9-2)22(13-18(6)27-24(28)21(10-3)14-25)12-17(5)23-11-16(4)19(7)26-15-23;1-3-4-2;1-2/h8-16,19,25H,1,5H2,2-4,6-7H3,(H,27,28);3-4H2,1-2H3;1-2H3/b18-13+,20-9-,21-10+,22-12-,25-14?;;. The summed E-state index contributed by atoms with van der Waals surface area (Å²) >= 11 is 0. The minimum Gasteiger partial charge on any atom is -0.326 e. The number of carbonyl (C=O) groups excluding carboxylic acids is 1. The molecule has 2 N–H and O–H groups in total. The fourth-order valence-electron chi connectivity index (χ4n) is 2.67. The molecule has 0 aromatic rings. The van der Waals surface area contributed by atoms with E-state index in [-0.39, 0.29) is 11.9 Å². The SMILES string of the molecule is C=CC(=C/C)/C(=C\C(=C)C1=CC(C)C(C)N=C1)/C=C(\C)NC(=O)/C(C=N)=C/C.CC.CCCC. The van der Waals surface area contributed by atoms with Crippen molar-refractivity contribution in [3.8, 4) is 0 Å². The Kier molecular flexibility index (Phi) is 19.0. The third-order valence-electron chi connectivity index (χ3n) is 5.13. The summed E-state index contributed by atoms with van der Waals surface area (Å²) in [7, 11) is 0. The van der Waals surface area contributed by atoms with Crippen molar-refractivity contribution in [1.29, 1.82) is 5.41 Å². The predicted octanol–water partition coefficient (Wildman–Crippen LogP) is 8.09. The minimum absolute atomic E-state index is 0.270. The second kappa shape index (κ2) is 19.5. The summed E-state index contributed by atoms with van der Waals surface area (Å²) in [5.74, 6) is 0.0427. The number of dihydropyridines is 1. The lowest BCUT2D eigenvalue weighted by molar-refractivity contribution is -0.116. The molecule has 2 unspecified atom stereocenters. The molecule has 1 aliphatic rings. The lowest BCUT2D eigenvalue weighted by Crippen LogP contribution is -2.23. The summed E-state index contributed by atoms with van der Waals surface area (Å²) in [6, 6.07) is 0.270. The van der Waals surface area contributed by atoms with Gasteiger partial charge in [-0.1, -0.05) is 84.9 Å². The molecule has 34 heavy (non-hydrogen) atoms. The zero-order valence-corrected chi connectivity index (χ0v) is 23.0. The van der Waals surface area contributed by atoms with Crippen molar-refractivity contribution in [2.75, 3.05) is 0 Å². The van der Waals surface area contributed by atoms with E-state index in [0.29, 0.717) is 17.2 Å². The van der Waals surface area contributed by atoms with Crippen molar-refractivity contribution in [3.63, 3.8) is 0 Å². The van der Waals surface area contributed by atoms with Gasteiger partial charge in [-0.15, -0.1) is 0 Å². The summed E-state index contributed by atoms with van der Waals surface area (Å²) in [6.07, 6.45) is 16.9. The molecule has 1 amide bonds. The molecule has 1 rings (SSSR count). The first-order valence-corrected chi connectivity index (χ1v) is 12.3. The van der Waals surface area contributed by atoms with Gasteiger partial charge in [-0.05, 0) is 68.1 Å². The van der Waals surface area contributed by atoms with Gasteiger partial charge in [0, 0.05) is 18.1 Å². The first-order valence-electron chi connectivity index (χ1n) is 12.3. The highest BCUT2D eigenvalue weighted by molar-refractivity contribution is 6.11. The molecule has 188 valence electrons. The molecule has 0 bridgehead atoms. The van der Waals surface area contributed by atoms with Crippen LogP contribution in [0.4, 0.5) is 0 Å². The summed E-state index contributed by atoms with van der Waals surface area (Å²) in [6.45, 7) is 26.2. The van der Waals surface area contributed by atoms with E-state index in [0.717, 1.165) is 28.5 Å². The van der Waals surface area contributed by atoms with Crippen LogP contribution in [0.2, 0.25) is 0 Å². The van der Waals surface area contributed by atoms with E-state index in [2.05, 4.69) is 57.2 Å². The fourth-order valence-corrected chi connectivity index (χ4v) is 2.67. The van der Waals surface area contributed by atoms with Crippen LogP contribution in [-0.2, 0) is 4.79 Å². The van der Waals surface area contributed by atoms with E-state index in [9.17, 15) is 4.79 Å². The molecule has 0 aliphatic carbocycles. The molecular weight excluding hydrogens is 418 g/mol. The molecule has 0 aromatic carbocycles. The molecule has 0 fully saturated rings. The Morgan fingerprint density at radius 3 is 2.06 bits per heavy atom. The van der Waals surface area contributed by atoms with Gasteiger partial charge in [0.15, 0.2) is 0 Å². The van der Waals surface area contributed by atoms with Crippen LogP contribution in [0.25, 0.3) is 0 Å². The van der Waals surface area contributed by atoms with Crippen molar-refractivity contribution in [1.82, 2.24) is 5.32 Å². The summed E-state index contributed by atoms with van der Waals surface area (Å²) in [4.78, 5) is 16.7. The van der Waals surface area contributed by atoms with Crippen LogP contribution < -0.4 is 5.32 Å². The van der Waals surface area contributed by atoms with Gasteiger partial charge in [-0.2, -0.15) is 0 Å². The Labute approximate surface area is 209 Å². The number of nitrogens with zero attached hydrogens (tertiary/aromatic N) is 1. The number of nitrogens with one attached hydrogen (secondary N) is 2. The molecule has 0 saturated heterocycles. The van der Waals surface area contributed by atoms with Crippen molar-refractivity contribution in [3.05, 3.63) is 83.2 Å². The highest BCUT2D eigenvalue weighted by Gasteiger charge is 2.14. The normalized spacial score (nSPS) is 18.4. The van der Waals surface area contributed by atoms with Crippen molar-refractivity contribution in [2.45, 2.75) is 81.2 Å². The van der Waals surface area contributed by atoms with Gasteiger partial charge >= 0.3 is 0 Å². The first-order chi connectivity index (χ1) is 16.2. The van der Waals surface area contributed by atoms with Crippen LogP contribution in [0.5, 0.6) is 0 Å². The molecule has 4 heteroatoms. The number of unbranched alkanes of at least 4 members (excludes halogenated alkanes) is 1. The molecule has 2 atom stereocenters. The molecule has 4 nitrogen and oxygen atoms in total. The monoisotopic (exact) mass is 465 g/mol. The third kappa shape index (κ3) is 12.3. The predicted molar refractivity (Wildman–Crippen MR) is 153 cm³/mol. The molecule has 0 radical (unpaired) electrons. The quantitative estimate of drug-likeness (QED) is 0.202. The fraction of sp³-hybridized carbons (Fsp3) is 0.433. The smallest absolute Gasteiger partial charge is 0.256 e. The summed E-state index contributed by atoms with van der Waals surface area (Å²) in [5, 5.41) is 10.1. The van der Waals surface area contributed by atoms with E-state index >= 15 is 0 Å². The van der Waals surface area contributed by atoms with Crippen LogP contribution >= 0.6 is 0 Å². The third-order valence-corrected chi connectivity index (χ3v) is 5.13. The van der Waals surface area contributed by atoms with Crippen molar-refractivity contribution >= 4 is 18.3 Å². The molecule has 0 saturated carbocycles. The zero-order valence-electron chi connectivity index (χ0n) is 23.0. The van der Waals surface area contributed by atoms with Crippen LogP contribution in [0.15, 0.2) is 88.2 Å². The van der Waals surface area contributed by atoms with E-state index in [1.807, 2.05) is 52.1 Å². The van der Waals surface area contributed by atoms with E-state index in [1.54, 1.807) is 19.1 Å². The lowest BCUT2D eigenvalue weighted by atomic mass is 9.93. The van der Waals surface area contributed by atoms with Crippen LogP contribution in [0, 0.1) is 11.3 Å². The van der Waals surface area contributed by atoms with Gasteiger partial charge in [0.25, 0.3) is 5.91 Å². The van der Waals surface area contributed by atoms with E-state index < -0.39 is 0 Å². The second-order valence-corrected chi connectivity index (χ2v) is 7.74. The molecule has 1 aliphatic heterocycles. The molecule has 0 spiro atoms. The number of hydrogen-bond donors (Lipinski definition) is 2. The average Bonchev–Trinajstić information content (AvgIpc) is 2.83. The van der Waals surface area contributed by atoms with Crippen LogP contribution in [0.3, 0.4) is 0 Å². The van der Waals surface area contributed by atoms with Crippen LogP contribution in [-0.4, -0.2) is 24.4 Å². The largest absolute Gasteiger partial charge is 0.326 e. The summed E-state index contributed by atoms with van der Waals surface area (Å²) in [5.41, 5.74) is 4.64. The van der Waals surface area contributed by atoms with Gasteiger partial charge < -0.3 is 10.7 Å². The lowest BCUT2D eigenvalue weighted by Gasteiger charge is -2.19. The average molecular weight is 466 g/mol. The van der Waals surface area contributed by atoms with Gasteiger partial charge in [0.2, 0.25) is 0 Å². The minimum atomic E-state index is -0.310. The maximum absolute atomic E-state index is 12.2. The number of aliphatic imine (C=N–C) groups is 1. The molecule has 1 heterocycles. The maximum Gasteiger partial charge on any atom is 0.256 e. The van der Waals surface area contributed by atoms with E-state index in [4.69, 9.17) is 5.41 Å². The highest BCUT2D eigenvalue weighted by atomic mass is 16.1. The Balaban J connectivity index is 0. The number of amides is 1. The zero-order chi connectivity index (χ0) is 26.7. The van der Waals surface area contributed by atoms with Crippen molar-refractivity contribution < 1.29 is 4.79 Å². The van der Waals surface area contributed by atoms with Crippen molar-refractivity contribution in [2.24, 2.45) is 10.9 Å². The number of hydrogen-bond acceptors (Lipinski definition) is 3. The number of carbonyl (C=O) groups is 1. The number of rotatable bonds is 9. The van der Waals surface area contributed by atoms with E-state index in [1.165, 1.54) is 12.8 Å². The Bertz CT molecular complexity index is 861. The van der Waals surface area contributed by atoms with Gasteiger partial charge in [0.05, 0.1) is 11.6 Å². The Morgan fingerprint density at radius 2 is 1.65 bits per heavy atom. The highest BCUT2D eigenvalue weighted by Crippen LogP contribution is 2.23. The van der Waals surface area contributed by atoms with Crippen LogP contribution in [0.1, 0.15) is 75.2 Å².